The number of anilines is 3. The van der Waals surface area contributed by atoms with Crippen molar-refractivity contribution in [3.05, 3.63) is 174 Å². The first-order valence-corrected chi connectivity index (χ1v) is 23.6. The first kappa shape index (κ1) is 38.0. The number of hydrogen-bond acceptors (Lipinski definition) is 2. The molecule has 0 saturated carbocycles. The molecule has 0 saturated heterocycles. The van der Waals surface area contributed by atoms with E-state index in [-0.39, 0.29) is 17.7 Å². The average molecular weight is 849 g/mol. The van der Waals surface area contributed by atoms with Crippen LogP contribution in [0.15, 0.2) is 156 Å². The van der Waals surface area contributed by atoms with E-state index in [0.29, 0.717) is 0 Å². The van der Waals surface area contributed by atoms with Crippen LogP contribution in [0.2, 0.25) is 0 Å². The highest BCUT2D eigenvalue weighted by Gasteiger charge is 2.45. The Morgan fingerprint density at radius 1 is 0.485 bits per heavy atom. The standard InChI is InChI=1S/C62H49BN2O/c1-34-41-19-13-14-20-42(41)35(2)47-32-52-50(31-46(34)47)63-58-53(64(52)40-29-38(61(3,4)5)28-39(30-40)62(6,7)8)33-48-45-23-15-16-24-54(45)66-60(48)57(58)49-27-37-18-10-12-22-44(37)56-55-43-21-11-9-17-36(43)25-26-51(55)65(63)59(49)56/h9-33H,1-8H3. The smallest absolute Gasteiger partial charge is 0.333 e. The fourth-order valence-electron chi connectivity index (χ4n) is 12.2. The van der Waals surface area contributed by atoms with Gasteiger partial charge in [-0.25, -0.2) is 0 Å². The summed E-state index contributed by atoms with van der Waals surface area (Å²) < 4.78 is 9.94. The van der Waals surface area contributed by atoms with Gasteiger partial charge in [0.05, 0.1) is 0 Å². The molecule has 0 unspecified atom stereocenters. The molecule has 0 spiro atoms. The van der Waals surface area contributed by atoms with Crippen molar-refractivity contribution >= 4 is 122 Å². The highest BCUT2D eigenvalue weighted by atomic mass is 16.3. The number of aromatic nitrogens is 1. The molecule has 2 aromatic heterocycles. The summed E-state index contributed by atoms with van der Waals surface area (Å²) in [5, 5.41) is 15.2. The summed E-state index contributed by atoms with van der Waals surface area (Å²) in [6.07, 6.45) is 0. The predicted octanol–water partition coefficient (Wildman–Crippen LogP) is 15.9. The lowest BCUT2D eigenvalue weighted by atomic mass is 9.44. The number of fused-ring (bicyclic) bond motifs is 17. The summed E-state index contributed by atoms with van der Waals surface area (Å²) in [5.74, 6) is 0. The molecular weight excluding hydrogens is 800 g/mol. The molecule has 4 heterocycles. The zero-order chi connectivity index (χ0) is 44.7. The van der Waals surface area contributed by atoms with E-state index in [1.807, 2.05) is 0 Å². The van der Waals surface area contributed by atoms with E-state index in [1.54, 1.807) is 0 Å². The van der Waals surface area contributed by atoms with Crippen LogP contribution in [0, 0.1) is 13.8 Å². The molecule has 0 bridgehead atoms. The minimum absolute atomic E-state index is 0.0737. The van der Waals surface area contributed by atoms with Gasteiger partial charge in [-0.3, -0.25) is 0 Å². The highest BCUT2D eigenvalue weighted by molar-refractivity contribution is 6.90. The molecule has 0 N–H and O–H groups in total. The van der Waals surface area contributed by atoms with Crippen molar-refractivity contribution in [1.82, 2.24) is 4.48 Å². The van der Waals surface area contributed by atoms with Gasteiger partial charge in [0, 0.05) is 60.8 Å². The molecule has 0 atom stereocenters. The lowest BCUT2D eigenvalue weighted by Crippen LogP contribution is -2.56. The summed E-state index contributed by atoms with van der Waals surface area (Å²) in [4.78, 5) is 2.64. The number of furan rings is 1. The monoisotopic (exact) mass is 848 g/mol. The van der Waals surface area contributed by atoms with Crippen LogP contribution in [-0.4, -0.2) is 11.3 Å². The summed E-state index contributed by atoms with van der Waals surface area (Å²) >= 11 is 0. The highest BCUT2D eigenvalue weighted by Crippen LogP contribution is 2.53. The Bertz CT molecular complexity index is 4140. The predicted molar refractivity (Wildman–Crippen MR) is 284 cm³/mol. The van der Waals surface area contributed by atoms with E-state index in [2.05, 4.69) is 216 Å². The number of para-hydroxylation sites is 1. The molecule has 2 aliphatic rings. The Labute approximate surface area is 385 Å². The minimum Gasteiger partial charge on any atom is -0.455 e. The molecule has 316 valence electrons. The van der Waals surface area contributed by atoms with Crippen molar-refractivity contribution in [2.45, 2.75) is 66.2 Å². The van der Waals surface area contributed by atoms with Crippen LogP contribution in [0.25, 0.3) is 98.0 Å². The fraction of sp³-hybridized carbons (Fsp3) is 0.161. The average Bonchev–Trinajstić information content (AvgIpc) is 3.87. The lowest BCUT2D eigenvalue weighted by Gasteiger charge is -2.41. The van der Waals surface area contributed by atoms with Crippen molar-refractivity contribution < 1.29 is 4.42 Å². The van der Waals surface area contributed by atoms with Crippen molar-refractivity contribution in [2.75, 3.05) is 4.90 Å². The third-order valence-electron chi connectivity index (χ3n) is 15.6. The molecule has 3 nitrogen and oxygen atoms in total. The molecule has 12 aromatic rings. The number of rotatable bonds is 1. The largest absolute Gasteiger partial charge is 0.455 e. The first-order chi connectivity index (χ1) is 31.8. The third-order valence-corrected chi connectivity index (χ3v) is 15.6. The van der Waals surface area contributed by atoms with Gasteiger partial charge in [0.15, 0.2) is 0 Å². The minimum atomic E-state index is -0.155. The van der Waals surface area contributed by atoms with E-state index in [0.717, 1.165) is 21.9 Å². The molecular formula is C62H49BN2O. The number of hydrogen-bond donors (Lipinski definition) is 0. The second-order valence-electron chi connectivity index (χ2n) is 21.3. The topological polar surface area (TPSA) is 21.3 Å². The molecule has 10 aromatic carbocycles. The molecule has 2 aliphatic heterocycles. The molecule has 14 rings (SSSR count). The molecule has 0 fully saturated rings. The molecule has 4 heteroatoms. The number of aryl methyl sites for hydroxylation is 2. The quantitative estimate of drug-likeness (QED) is 0.121. The van der Waals surface area contributed by atoms with Gasteiger partial charge in [-0.15, -0.1) is 0 Å². The van der Waals surface area contributed by atoms with Gasteiger partial charge < -0.3 is 13.8 Å². The lowest BCUT2D eigenvalue weighted by molar-refractivity contribution is 0.569. The van der Waals surface area contributed by atoms with Gasteiger partial charge in [-0.1, -0.05) is 151 Å². The Morgan fingerprint density at radius 2 is 1.06 bits per heavy atom. The van der Waals surface area contributed by atoms with Crippen LogP contribution in [0.3, 0.4) is 0 Å². The van der Waals surface area contributed by atoms with Crippen LogP contribution >= 0.6 is 0 Å². The van der Waals surface area contributed by atoms with Gasteiger partial charge in [0.25, 0.3) is 0 Å². The zero-order valence-corrected chi connectivity index (χ0v) is 38.8. The molecule has 0 amide bonds. The van der Waals surface area contributed by atoms with Crippen LogP contribution in [0.4, 0.5) is 17.1 Å². The normalized spacial score (nSPS) is 13.7. The molecule has 0 aliphatic carbocycles. The first-order valence-electron chi connectivity index (χ1n) is 23.6. The van der Waals surface area contributed by atoms with Gasteiger partial charge >= 0.3 is 6.85 Å². The SMILES string of the molecule is Cc1c2ccccc2c(C)c2cc3c(cc12)B1c2c(cc4c(oc5ccccc54)c2-c2cc4ccccc4c4c5c6ccccc6ccc5n1c24)N3c1cc(C(C)(C)C)cc(C(C)(C)C)c1. The van der Waals surface area contributed by atoms with Gasteiger partial charge in [-0.05, 0) is 143 Å². The summed E-state index contributed by atoms with van der Waals surface area (Å²) in [6, 6.07) is 57.8. The van der Waals surface area contributed by atoms with E-state index in [9.17, 15) is 0 Å². The van der Waals surface area contributed by atoms with Crippen molar-refractivity contribution in [3.63, 3.8) is 0 Å². The maximum absolute atomic E-state index is 7.21. The summed E-state index contributed by atoms with van der Waals surface area (Å²) in [6.45, 7) is 18.6. The summed E-state index contributed by atoms with van der Waals surface area (Å²) in [7, 11) is 0. The van der Waals surface area contributed by atoms with Gasteiger partial charge in [0.2, 0.25) is 0 Å². The number of benzene rings is 10. The number of nitrogens with zero attached hydrogens (tertiary/aromatic N) is 2. The van der Waals surface area contributed by atoms with Gasteiger partial charge in [0.1, 0.15) is 11.2 Å². The summed E-state index contributed by atoms with van der Waals surface area (Å²) in [5.41, 5.74) is 18.2. The Balaban J connectivity index is 1.25. The van der Waals surface area contributed by atoms with Crippen LogP contribution in [0.1, 0.15) is 63.8 Å². The van der Waals surface area contributed by atoms with E-state index < -0.39 is 0 Å². The maximum Gasteiger partial charge on any atom is 0.333 e. The van der Waals surface area contributed by atoms with Crippen LogP contribution < -0.4 is 15.8 Å². The fourth-order valence-corrected chi connectivity index (χ4v) is 12.2. The van der Waals surface area contributed by atoms with Crippen molar-refractivity contribution in [2.24, 2.45) is 0 Å². The van der Waals surface area contributed by atoms with Crippen LogP contribution in [-0.2, 0) is 10.8 Å². The maximum atomic E-state index is 7.21. The molecule has 0 radical (unpaired) electrons. The van der Waals surface area contributed by atoms with E-state index in [1.165, 1.54) is 126 Å². The van der Waals surface area contributed by atoms with Gasteiger partial charge in [-0.2, -0.15) is 0 Å². The van der Waals surface area contributed by atoms with Crippen molar-refractivity contribution in [1.29, 1.82) is 0 Å². The third kappa shape index (κ3) is 4.89. The Hall–Kier alpha value is -7.30. The second-order valence-corrected chi connectivity index (χ2v) is 21.3. The van der Waals surface area contributed by atoms with E-state index in [4.69, 9.17) is 4.42 Å². The second kappa shape index (κ2) is 12.7. The van der Waals surface area contributed by atoms with Crippen molar-refractivity contribution in [3.8, 4) is 11.1 Å². The van der Waals surface area contributed by atoms with Crippen LogP contribution in [0.5, 0.6) is 0 Å². The Morgan fingerprint density at radius 3 is 1.74 bits per heavy atom. The Kier molecular flexibility index (Phi) is 7.34. The molecule has 66 heavy (non-hydrogen) atoms. The van der Waals surface area contributed by atoms with E-state index >= 15 is 0 Å². The zero-order valence-electron chi connectivity index (χ0n) is 38.8.